The first kappa shape index (κ1) is 17.3. The van der Waals surface area contributed by atoms with E-state index in [1.165, 1.54) is 0 Å². The quantitative estimate of drug-likeness (QED) is 0.858. The Morgan fingerprint density at radius 2 is 2.30 bits per heavy atom. The number of hydrogen-bond donors (Lipinski definition) is 1. The molecule has 1 saturated heterocycles. The highest BCUT2D eigenvalue weighted by atomic mass is 35.5. The van der Waals surface area contributed by atoms with Gasteiger partial charge in [0.2, 0.25) is 0 Å². The van der Waals surface area contributed by atoms with Gasteiger partial charge in [-0.1, -0.05) is 23.7 Å². The largest absolute Gasteiger partial charge is 0.466 e. The van der Waals surface area contributed by atoms with Gasteiger partial charge in [0, 0.05) is 24.3 Å². The molecule has 6 heteroatoms. The van der Waals surface area contributed by atoms with Crippen molar-refractivity contribution in [1.29, 1.82) is 0 Å². The zero-order valence-corrected chi connectivity index (χ0v) is 13.9. The fourth-order valence-electron chi connectivity index (χ4n) is 2.52. The minimum atomic E-state index is -0.230. The number of amides is 2. The van der Waals surface area contributed by atoms with Crippen LogP contribution in [0, 0.1) is 5.92 Å². The number of ether oxygens (including phenoxy) is 1. The molecule has 0 aliphatic carbocycles. The van der Waals surface area contributed by atoms with E-state index in [1.807, 2.05) is 18.2 Å². The molecule has 1 atom stereocenters. The first-order valence-electron chi connectivity index (χ1n) is 7.74. The van der Waals surface area contributed by atoms with E-state index in [0.29, 0.717) is 24.7 Å². The molecule has 1 aliphatic heterocycles. The van der Waals surface area contributed by atoms with Crippen LogP contribution < -0.4 is 5.32 Å². The third kappa shape index (κ3) is 5.28. The maximum absolute atomic E-state index is 12.2. The Morgan fingerprint density at radius 3 is 3.04 bits per heavy atom. The number of benzene rings is 1. The molecule has 1 aromatic rings. The number of urea groups is 1. The predicted octanol–water partition coefficient (Wildman–Crippen LogP) is 3.30. The van der Waals surface area contributed by atoms with E-state index in [4.69, 9.17) is 16.3 Å². The van der Waals surface area contributed by atoms with Gasteiger partial charge in [-0.25, -0.2) is 4.79 Å². The minimum Gasteiger partial charge on any atom is -0.466 e. The van der Waals surface area contributed by atoms with Crippen molar-refractivity contribution < 1.29 is 14.3 Å². The van der Waals surface area contributed by atoms with Crippen LogP contribution in [0.1, 0.15) is 25.3 Å². The molecule has 1 unspecified atom stereocenters. The third-order valence-electron chi connectivity index (χ3n) is 3.66. The second-order valence-electron chi connectivity index (χ2n) is 5.38. The summed E-state index contributed by atoms with van der Waals surface area (Å²) >= 11 is 5.91. The molecule has 0 radical (unpaired) electrons. The average Bonchev–Trinajstić information content (AvgIpc) is 2.55. The zero-order chi connectivity index (χ0) is 16.7. The van der Waals surface area contributed by atoms with Gasteiger partial charge < -0.3 is 15.0 Å². The summed E-state index contributed by atoms with van der Waals surface area (Å²) in [6.45, 7) is 3.19. The molecule has 2 amide bonds. The van der Waals surface area contributed by atoms with Gasteiger partial charge >= 0.3 is 12.0 Å². The second-order valence-corrected chi connectivity index (χ2v) is 5.81. The molecular weight excluding hydrogens is 316 g/mol. The molecule has 0 bridgehead atoms. The Labute approximate surface area is 141 Å². The second kappa shape index (κ2) is 8.58. The third-order valence-corrected chi connectivity index (χ3v) is 3.89. The van der Waals surface area contributed by atoms with Gasteiger partial charge in [0.1, 0.15) is 0 Å². The van der Waals surface area contributed by atoms with Crippen LogP contribution in [0.4, 0.5) is 4.79 Å². The molecule has 1 aromatic carbocycles. The van der Waals surface area contributed by atoms with Crippen LogP contribution in [-0.2, 0) is 9.53 Å². The first-order valence-corrected chi connectivity index (χ1v) is 8.12. The number of carbonyl (C=O) groups is 2. The molecule has 23 heavy (non-hydrogen) atoms. The fraction of sp³-hybridized carbons (Fsp3) is 0.412. The van der Waals surface area contributed by atoms with Crippen molar-refractivity contribution in [2.45, 2.75) is 19.8 Å². The summed E-state index contributed by atoms with van der Waals surface area (Å²) in [4.78, 5) is 25.6. The van der Waals surface area contributed by atoms with Crippen LogP contribution in [0.5, 0.6) is 0 Å². The number of nitrogens with zero attached hydrogens (tertiary/aromatic N) is 1. The van der Waals surface area contributed by atoms with Crippen LogP contribution >= 0.6 is 11.6 Å². The summed E-state index contributed by atoms with van der Waals surface area (Å²) in [6.07, 6.45) is 4.93. The van der Waals surface area contributed by atoms with Crippen LogP contribution in [0.3, 0.4) is 0 Å². The summed E-state index contributed by atoms with van der Waals surface area (Å²) in [5.41, 5.74) is 0.904. The number of carbonyl (C=O) groups excluding carboxylic acids is 2. The lowest BCUT2D eigenvalue weighted by atomic mass is 9.98. The van der Waals surface area contributed by atoms with Gasteiger partial charge in [-0.05, 0) is 43.5 Å². The van der Waals surface area contributed by atoms with E-state index in [0.717, 1.165) is 18.4 Å². The number of nitrogens with one attached hydrogen (secondary N) is 1. The Kier molecular flexibility index (Phi) is 6.47. The summed E-state index contributed by atoms with van der Waals surface area (Å²) in [5.74, 6) is -0.453. The van der Waals surface area contributed by atoms with Crippen molar-refractivity contribution in [3.05, 3.63) is 41.1 Å². The molecule has 0 aromatic heterocycles. The average molecular weight is 337 g/mol. The summed E-state index contributed by atoms with van der Waals surface area (Å²) in [6, 6.07) is 7.13. The van der Waals surface area contributed by atoms with Gasteiger partial charge in [0.15, 0.2) is 0 Å². The molecule has 1 N–H and O–H groups in total. The lowest BCUT2D eigenvalue weighted by molar-refractivity contribution is -0.149. The smallest absolute Gasteiger partial charge is 0.321 e. The van der Waals surface area contributed by atoms with Crippen molar-refractivity contribution in [2.75, 3.05) is 19.7 Å². The molecule has 5 nitrogen and oxygen atoms in total. The van der Waals surface area contributed by atoms with Gasteiger partial charge in [0.05, 0.1) is 12.5 Å². The lowest BCUT2D eigenvalue weighted by Crippen LogP contribution is -2.46. The van der Waals surface area contributed by atoms with E-state index in [1.54, 1.807) is 30.2 Å². The van der Waals surface area contributed by atoms with Crippen molar-refractivity contribution in [3.63, 3.8) is 0 Å². The number of piperidine rings is 1. The van der Waals surface area contributed by atoms with Crippen molar-refractivity contribution in [1.82, 2.24) is 10.2 Å². The number of hydrogen-bond acceptors (Lipinski definition) is 3. The molecule has 1 fully saturated rings. The highest BCUT2D eigenvalue weighted by Crippen LogP contribution is 2.18. The number of likely N-dealkylation sites (tertiary alicyclic amines) is 1. The zero-order valence-electron chi connectivity index (χ0n) is 13.1. The van der Waals surface area contributed by atoms with Crippen LogP contribution in [0.15, 0.2) is 30.5 Å². The maximum Gasteiger partial charge on any atom is 0.321 e. The van der Waals surface area contributed by atoms with Crippen molar-refractivity contribution >= 4 is 29.7 Å². The van der Waals surface area contributed by atoms with E-state index in [9.17, 15) is 9.59 Å². The molecule has 124 valence electrons. The summed E-state index contributed by atoms with van der Waals surface area (Å²) in [5, 5.41) is 3.37. The fourth-order valence-corrected chi connectivity index (χ4v) is 2.72. The first-order chi connectivity index (χ1) is 11.1. The Morgan fingerprint density at radius 1 is 1.48 bits per heavy atom. The van der Waals surface area contributed by atoms with Crippen LogP contribution in [0.2, 0.25) is 5.02 Å². The Bertz CT molecular complexity index is 589. The maximum atomic E-state index is 12.2. The molecule has 2 rings (SSSR count). The SMILES string of the molecule is CCOC(=O)C1CCCN(C(=O)N/C=C/c2cccc(Cl)c2)C1. The number of esters is 1. The molecule has 1 heterocycles. The normalized spacial score (nSPS) is 18.0. The molecule has 0 spiro atoms. The number of rotatable bonds is 4. The number of halogens is 1. The van der Waals surface area contributed by atoms with E-state index < -0.39 is 0 Å². The van der Waals surface area contributed by atoms with E-state index >= 15 is 0 Å². The lowest BCUT2D eigenvalue weighted by Gasteiger charge is -2.31. The minimum absolute atomic E-state index is 0.211. The van der Waals surface area contributed by atoms with E-state index in [2.05, 4.69) is 5.32 Å². The van der Waals surface area contributed by atoms with E-state index in [-0.39, 0.29) is 17.9 Å². The summed E-state index contributed by atoms with van der Waals surface area (Å²) in [7, 11) is 0. The van der Waals surface area contributed by atoms with Gasteiger partial charge in [-0.15, -0.1) is 0 Å². The monoisotopic (exact) mass is 336 g/mol. The molecular formula is C17H21ClN2O3. The standard InChI is InChI=1S/C17H21ClN2O3/c1-2-23-16(21)14-6-4-10-20(12-14)17(22)19-9-8-13-5-3-7-15(18)11-13/h3,5,7-9,11,14H,2,4,6,10,12H2,1H3,(H,19,22)/b9-8+. The Hall–Kier alpha value is -2.01. The van der Waals surface area contributed by atoms with Gasteiger partial charge in [-0.3, -0.25) is 4.79 Å². The van der Waals surface area contributed by atoms with Crippen LogP contribution in [-0.4, -0.2) is 36.6 Å². The Balaban J connectivity index is 1.86. The highest BCUT2D eigenvalue weighted by Gasteiger charge is 2.28. The van der Waals surface area contributed by atoms with Gasteiger partial charge in [-0.2, -0.15) is 0 Å². The molecule has 0 saturated carbocycles. The van der Waals surface area contributed by atoms with Crippen LogP contribution in [0.25, 0.3) is 6.08 Å². The van der Waals surface area contributed by atoms with Gasteiger partial charge in [0.25, 0.3) is 0 Å². The molecule has 1 aliphatic rings. The van der Waals surface area contributed by atoms with Crippen molar-refractivity contribution in [3.8, 4) is 0 Å². The summed E-state index contributed by atoms with van der Waals surface area (Å²) < 4.78 is 5.04. The van der Waals surface area contributed by atoms with Crippen molar-refractivity contribution in [2.24, 2.45) is 5.92 Å². The topological polar surface area (TPSA) is 58.6 Å². The predicted molar refractivity (Wildman–Crippen MR) is 89.9 cm³/mol. The highest BCUT2D eigenvalue weighted by molar-refractivity contribution is 6.30.